The van der Waals surface area contributed by atoms with Gasteiger partial charge in [0.25, 0.3) is 0 Å². The van der Waals surface area contributed by atoms with E-state index in [2.05, 4.69) is 28.5 Å². The average Bonchev–Trinajstić information content (AvgIpc) is 3.22. The molecule has 3 heterocycles. The Morgan fingerprint density at radius 1 is 0.963 bits per heavy atom. The second-order valence-electron chi connectivity index (χ2n) is 9.31. The highest BCUT2D eigenvalue weighted by Crippen LogP contribution is 2.22. The lowest BCUT2D eigenvalue weighted by Gasteiger charge is -2.38. The molecule has 0 N–H and O–H groups in total. The molecule has 3 fully saturated rings. The molecule has 1 amide bonds. The Morgan fingerprint density at radius 3 is 2.15 bits per heavy atom. The minimum absolute atomic E-state index is 0.251. The molecule has 5 heteroatoms. The lowest BCUT2D eigenvalue weighted by Crippen LogP contribution is -2.46. The predicted molar refractivity (Wildman–Crippen MR) is 112 cm³/mol. The second-order valence-corrected chi connectivity index (χ2v) is 9.31. The molecule has 1 unspecified atom stereocenters. The Bertz CT molecular complexity index is 449. The van der Waals surface area contributed by atoms with Gasteiger partial charge in [0.15, 0.2) is 0 Å². The number of piperidine rings is 2. The zero-order valence-electron chi connectivity index (χ0n) is 18.0. The highest BCUT2D eigenvalue weighted by atomic mass is 16.2. The van der Waals surface area contributed by atoms with Crippen LogP contribution in [0, 0.1) is 11.8 Å². The summed E-state index contributed by atoms with van der Waals surface area (Å²) >= 11 is 0. The van der Waals surface area contributed by atoms with Crippen molar-refractivity contribution in [3.05, 3.63) is 0 Å². The van der Waals surface area contributed by atoms with Crippen LogP contribution in [0.4, 0.5) is 0 Å². The summed E-state index contributed by atoms with van der Waals surface area (Å²) in [7, 11) is 2.02. The van der Waals surface area contributed by atoms with Crippen molar-refractivity contribution in [3.8, 4) is 0 Å². The molecule has 3 rings (SSSR count). The zero-order chi connectivity index (χ0) is 19.2. The summed E-state index contributed by atoms with van der Waals surface area (Å²) in [6.45, 7) is 15.0. The largest absolute Gasteiger partial charge is 0.345 e. The molecular formula is C22H42N4O. The third-order valence-electron chi connectivity index (χ3n) is 7.13. The molecule has 0 aromatic rings. The normalized spacial score (nSPS) is 25.7. The van der Waals surface area contributed by atoms with E-state index in [0.717, 1.165) is 51.6 Å². The van der Waals surface area contributed by atoms with E-state index in [4.69, 9.17) is 0 Å². The van der Waals surface area contributed by atoms with Gasteiger partial charge in [-0.2, -0.15) is 0 Å². The van der Waals surface area contributed by atoms with Gasteiger partial charge < -0.3 is 19.6 Å². The molecule has 3 saturated heterocycles. The maximum Gasteiger partial charge on any atom is 0.225 e. The number of carbonyl (C=O) groups excluding carboxylic acids is 1. The van der Waals surface area contributed by atoms with E-state index >= 15 is 0 Å². The molecule has 5 nitrogen and oxygen atoms in total. The van der Waals surface area contributed by atoms with Crippen molar-refractivity contribution in [3.63, 3.8) is 0 Å². The van der Waals surface area contributed by atoms with Crippen LogP contribution in [0.3, 0.4) is 0 Å². The van der Waals surface area contributed by atoms with Crippen LogP contribution in [0.2, 0.25) is 0 Å². The van der Waals surface area contributed by atoms with Crippen molar-refractivity contribution in [2.24, 2.45) is 11.8 Å². The standard InChI is InChI=1S/C22H42N4O/c1-4-24-13-7-20(8-14-24)22(27)23(3)17-19(2)18-25-15-9-21(10-16-25)26-11-5-6-12-26/h19-21H,4-18H2,1-3H3. The van der Waals surface area contributed by atoms with Crippen LogP contribution in [0.15, 0.2) is 0 Å². The van der Waals surface area contributed by atoms with E-state index in [1.54, 1.807) is 0 Å². The van der Waals surface area contributed by atoms with E-state index in [-0.39, 0.29) is 5.92 Å². The molecule has 3 aliphatic rings. The zero-order valence-corrected chi connectivity index (χ0v) is 18.0. The number of likely N-dealkylation sites (tertiary alicyclic amines) is 3. The molecular weight excluding hydrogens is 336 g/mol. The van der Waals surface area contributed by atoms with E-state index in [0.29, 0.717) is 11.8 Å². The lowest BCUT2D eigenvalue weighted by molar-refractivity contribution is -0.136. The van der Waals surface area contributed by atoms with Gasteiger partial charge in [-0.15, -0.1) is 0 Å². The molecule has 0 spiro atoms. The van der Waals surface area contributed by atoms with Gasteiger partial charge in [-0.3, -0.25) is 4.79 Å². The molecule has 156 valence electrons. The van der Waals surface area contributed by atoms with Crippen LogP contribution in [-0.4, -0.2) is 97.5 Å². The van der Waals surface area contributed by atoms with E-state index in [1.807, 2.05) is 11.9 Å². The summed E-state index contributed by atoms with van der Waals surface area (Å²) in [6, 6.07) is 0.831. The van der Waals surface area contributed by atoms with Crippen LogP contribution in [0.5, 0.6) is 0 Å². The van der Waals surface area contributed by atoms with Crippen molar-refractivity contribution < 1.29 is 4.79 Å². The van der Waals surface area contributed by atoms with Gasteiger partial charge in [0.05, 0.1) is 0 Å². The Hall–Kier alpha value is -0.650. The summed E-state index contributed by atoms with van der Waals surface area (Å²) in [5, 5.41) is 0. The first-order chi connectivity index (χ1) is 13.1. The van der Waals surface area contributed by atoms with Crippen molar-refractivity contribution in [2.75, 3.05) is 66.0 Å². The van der Waals surface area contributed by atoms with Crippen molar-refractivity contribution in [1.82, 2.24) is 19.6 Å². The Labute approximate surface area is 167 Å². The fraction of sp³-hybridized carbons (Fsp3) is 0.955. The highest BCUT2D eigenvalue weighted by Gasteiger charge is 2.29. The first-order valence-corrected chi connectivity index (χ1v) is 11.5. The first-order valence-electron chi connectivity index (χ1n) is 11.5. The van der Waals surface area contributed by atoms with Gasteiger partial charge >= 0.3 is 0 Å². The topological polar surface area (TPSA) is 30.0 Å². The Morgan fingerprint density at radius 2 is 1.56 bits per heavy atom. The van der Waals surface area contributed by atoms with Crippen LogP contribution in [-0.2, 0) is 4.79 Å². The van der Waals surface area contributed by atoms with Crippen molar-refractivity contribution >= 4 is 5.91 Å². The summed E-state index contributed by atoms with van der Waals surface area (Å²) in [5.74, 6) is 1.18. The number of hydrogen-bond acceptors (Lipinski definition) is 4. The molecule has 3 aliphatic heterocycles. The molecule has 0 aliphatic carbocycles. The average molecular weight is 379 g/mol. The molecule has 1 atom stereocenters. The van der Waals surface area contributed by atoms with Crippen LogP contribution in [0.25, 0.3) is 0 Å². The maximum atomic E-state index is 12.8. The molecule has 0 radical (unpaired) electrons. The van der Waals surface area contributed by atoms with Crippen LogP contribution >= 0.6 is 0 Å². The number of carbonyl (C=O) groups is 1. The maximum absolute atomic E-state index is 12.8. The van der Waals surface area contributed by atoms with Crippen LogP contribution in [0.1, 0.15) is 52.4 Å². The van der Waals surface area contributed by atoms with Gasteiger partial charge in [-0.25, -0.2) is 0 Å². The van der Waals surface area contributed by atoms with Crippen molar-refractivity contribution in [1.29, 1.82) is 0 Å². The third-order valence-corrected chi connectivity index (χ3v) is 7.13. The summed E-state index contributed by atoms with van der Waals surface area (Å²) in [6.07, 6.45) is 7.53. The van der Waals surface area contributed by atoms with Gasteiger partial charge in [0.2, 0.25) is 5.91 Å². The SMILES string of the molecule is CCN1CCC(C(=O)N(C)CC(C)CN2CCC(N3CCCC3)CC2)CC1. The molecule has 0 saturated carbocycles. The highest BCUT2D eigenvalue weighted by molar-refractivity contribution is 5.78. The number of hydrogen-bond donors (Lipinski definition) is 0. The van der Waals surface area contributed by atoms with Crippen LogP contribution < -0.4 is 0 Å². The Kier molecular flexibility index (Phi) is 7.97. The fourth-order valence-electron chi connectivity index (χ4n) is 5.44. The second kappa shape index (κ2) is 10.2. The smallest absolute Gasteiger partial charge is 0.225 e. The molecule has 0 bridgehead atoms. The summed E-state index contributed by atoms with van der Waals surface area (Å²) < 4.78 is 0. The first kappa shape index (κ1) is 21.1. The third kappa shape index (κ3) is 5.91. The van der Waals surface area contributed by atoms with Gasteiger partial charge in [-0.05, 0) is 90.3 Å². The summed E-state index contributed by atoms with van der Waals surface area (Å²) in [5.41, 5.74) is 0. The monoisotopic (exact) mass is 378 g/mol. The summed E-state index contributed by atoms with van der Waals surface area (Å²) in [4.78, 5) is 22.6. The number of rotatable bonds is 7. The molecule has 0 aromatic heterocycles. The van der Waals surface area contributed by atoms with E-state index in [1.165, 1.54) is 51.9 Å². The minimum atomic E-state index is 0.251. The van der Waals surface area contributed by atoms with E-state index < -0.39 is 0 Å². The molecule has 0 aromatic carbocycles. The van der Waals surface area contributed by atoms with E-state index in [9.17, 15) is 4.79 Å². The van der Waals surface area contributed by atoms with Gasteiger partial charge in [-0.1, -0.05) is 13.8 Å². The quantitative estimate of drug-likeness (QED) is 0.680. The number of nitrogens with zero attached hydrogens (tertiary/aromatic N) is 4. The Balaban J connectivity index is 1.35. The van der Waals surface area contributed by atoms with Gasteiger partial charge in [0.1, 0.15) is 0 Å². The van der Waals surface area contributed by atoms with Gasteiger partial charge in [0, 0.05) is 32.1 Å². The number of amides is 1. The minimum Gasteiger partial charge on any atom is -0.345 e. The lowest BCUT2D eigenvalue weighted by atomic mass is 9.95. The molecule has 27 heavy (non-hydrogen) atoms. The fourth-order valence-corrected chi connectivity index (χ4v) is 5.44. The predicted octanol–water partition coefficient (Wildman–Crippen LogP) is 2.37. The van der Waals surface area contributed by atoms with Crippen molar-refractivity contribution in [2.45, 2.75) is 58.4 Å².